The zero-order valence-electron chi connectivity index (χ0n) is 11.7. The molecule has 1 saturated heterocycles. The van der Waals surface area contributed by atoms with Crippen LogP contribution in [0.15, 0.2) is 0 Å². The average molecular weight is 257 g/mol. The Morgan fingerprint density at radius 1 is 1.22 bits per heavy atom. The highest BCUT2D eigenvalue weighted by molar-refractivity contribution is 4.76. The van der Waals surface area contributed by atoms with E-state index in [1.165, 1.54) is 25.7 Å². The zero-order valence-corrected chi connectivity index (χ0v) is 11.7. The maximum Gasteiger partial charge on any atom is 0.0900 e. The highest BCUT2D eigenvalue weighted by atomic mass is 16.5. The van der Waals surface area contributed by atoms with Crippen molar-refractivity contribution in [2.24, 2.45) is 0 Å². The standard InChI is InChI=1S/C14H27NO3/c1-11-7-15(8-12(2)18-11)9-13(16)10-17-14-5-3-4-6-14/h11-14,16H,3-10H2,1-2H3/t11-,12-,13+/m1/s1. The average Bonchev–Trinajstić information content (AvgIpc) is 2.77. The first-order chi connectivity index (χ1) is 8.63. The lowest BCUT2D eigenvalue weighted by molar-refractivity contribution is -0.0854. The summed E-state index contributed by atoms with van der Waals surface area (Å²) in [6.45, 7) is 7.17. The van der Waals surface area contributed by atoms with Gasteiger partial charge in [-0.05, 0) is 26.7 Å². The lowest BCUT2D eigenvalue weighted by Gasteiger charge is -2.36. The molecular formula is C14H27NO3. The summed E-state index contributed by atoms with van der Waals surface area (Å²) in [4.78, 5) is 2.28. The van der Waals surface area contributed by atoms with Gasteiger partial charge in [0.15, 0.2) is 0 Å². The Morgan fingerprint density at radius 2 is 1.83 bits per heavy atom. The second-order valence-electron chi connectivity index (χ2n) is 5.87. The molecule has 106 valence electrons. The molecule has 1 N–H and O–H groups in total. The third kappa shape index (κ3) is 4.50. The topological polar surface area (TPSA) is 41.9 Å². The van der Waals surface area contributed by atoms with E-state index in [2.05, 4.69) is 18.7 Å². The number of aliphatic hydroxyl groups is 1. The van der Waals surface area contributed by atoms with Crippen LogP contribution in [-0.4, -0.2) is 60.7 Å². The van der Waals surface area contributed by atoms with Gasteiger partial charge in [-0.3, -0.25) is 4.90 Å². The van der Waals surface area contributed by atoms with Crippen molar-refractivity contribution >= 4 is 0 Å². The highest BCUT2D eigenvalue weighted by Crippen LogP contribution is 2.21. The molecule has 0 unspecified atom stereocenters. The molecule has 0 aromatic heterocycles. The number of β-amino-alcohol motifs (C(OH)–C–C–N with tert-alkyl or cyclic N) is 1. The molecule has 0 aromatic carbocycles. The minimum absolute atomic E-state index is 0.261. The number of hydrogen-bond donors (Lipinski definition) is 1. The predicted octanol–water partition coefficient (Wildman–Crippen LogP) is 1.42. The number of morpholine rings is 1. The molecule has 0 bridgehead atoms. The van der Waals surface area contributed by atoms with Crippen LogP contribution in [0.2, 0.25) is 0 Å². The molecule has 0 spiro atoms. The van der Waals surface area contributed by atoms with Gasteiger partial charge in [0.25, 0.3) is 0 Å². The largest absolute Gasteiger partial charge is 0.389 e. The van der Waals surface area contributed by atoms with Gasteiger partial charge in [0.1, 0.15) is 0 Å². The van der Waals surface area contributed by atoms with E-state index in [9.17, 15) is 5.11 Å². The SMILES string of the molecule is C[C@@H]1CN(C[C@H](O)COC2CCCC2)C[C@@H](C)O1. The monoisotopic (exact) mass is 257 g/mol. The fourth-order valence-electron chi connectivity index (χ4n) is 3.09. The molecule has 3 atom stereocenters. The van der Waals surface area contributed by atoms with E-state index in [0.29, 0.717) is 19.3 Å². The van der Waals surface area contributed by atoms with E-state index in [4.69, 9.17) is 9.47 Å². The minimum Gasteiger partial charge on any atom is -0.389 e. The van der Waals surface area contributed by atoms with Crippen molar-refractivity contribution in [3.05, 3.63) is 0 Å². The van der Waals surface area contributed by atoms with Gasteiger partial charge in [0, 0.05) is 19.6 Å². The van der Waals surface area contributed by atoms with Crippen molar-refractivity contribution in [1.29, 1.82) is 0 Å². The lowest BCUT2D eigenvalue weighted by Crippen LogP contribution is -2.48. The van der Waals surface area contributed by atoms with Gasteiger partial charge in [0.2, 0.25) is 0 Å². The second-order valence-corrected chi connectivity index (χ2v) is 5.87. The van der Waals surface area contributed by atoms with Crippen LogP contribution in [0.3, 0.4) is 0 Å². The number of nitrogens with zero attached hydrogens (tertiary/aromatic N) is 1. The van der Waals surface area contributed by atoms with Crippen LogP contribution >= 0.6 is 0 Å². The van der Waals surface area contributed by atoms with Crippen LogP contribution in [0.4, 0.5) is 0 Å². The van der Waals surface area contributed by atoms with Crippen LogP contribution in [0.5, 0.6) is 0 Å². The molecule has 4 nitrogen and oxygen atoms in total. The summed E-state index contributed by atoms with van der Waals surface area (Å²) in [5.74, 6) is 0. The van der Waals surface area contributed by atoms with Gasteiger partial charge in [-0.2, -0.15) is 0 Å². The summed E-state index contributed by atoms with van der Waals surface area (Å²) in [5.41, 5.74) is 0. The molecule has 1 aliphatic carbocycles. The fraction of sp³-hybridized carbons (Fsp3) is 1.00. The van der Waals surface area contributed by atoms with Gasteiger partial charge in [-0.25, -0.2) is 0 Å². The maximum absolute atomic E-state index is 10.0. The van der Waals surface area contributed by atoms with Crippen LogP contribution in [0, 0.1) is 0 Å². The molecule has 18 heavy (non-hydrogen) atoms. The van der Waals surface area contributed by atoms with E-state index in [0.717, 1.165) is 13.1 Å². The van der Waals surface area contributed by atoms with E-state index in [-0.39, 0.29) is 18.3 Å². The Kier molecular flexibility index (Phi) is 5.42. The Balaban J connectivity index is 1.64. The molecule has 2 rings (SSSR count). The van der Waals surface area contributed by atoms with Gasteiger partial charge >= 0.3 is 0 Å². The quantitative estimate of drug-likeness (QED) is 0.809. The van der Waals surface area contributed by atoms with Crippen molar-refractivity contribution in [2.75, 3.05) is 26.2 Å². The van der Waals surface area contributed by atoms with E-state index >= 15 is 0 Å². The summed E-state index contributed by atoms with van der Waals surface area (Å²) in [5, 5.41) is 10.0. The Labute approximate surface area is 110 Å². The van der Waals surface area contributed by atoms with Crippen molar-refractivity contribution in [2.45, 2.75) is 63.9 Å². The van der Waals surface area contributed by atoms with Crippen molar-refractivity contribution in [3.8, 4) is 0 Å². The van der Waals surface area contributed by atoms with Gasteiger partial charge in [-0.15, -0.1) is 0 Å². The van der Waals surface area contributed by atoms with Gasteiger partial charge in [0.05, 0.1) is 31.0 Å². The number of rotatable bonds is 5. The molecule has 2 aliphatic rings. The van der Waals surface area contributed by atoms with E-state index in [1.807, 2.05) is 0 Å². The summed E-state index contributed by atoms with van der Waals surface area (Å²) < 4.78 is 11.4. The first kappa shape index (κ1) is 14.3. The molecule has 0 amide bonds. The lowest BCUT2D eigenvalue weighted by atomic mass is 10.2. The van der Waals surface area contributed by atoms with Gasteiger partial charge in [-0.1, -0.05) is 12.8 Å². The number of aliphatic hydroxyl groups excluding tert-OH is 1. The third-order valence-corrected chi connectivity index (χ3v) is 3.79. The van der Waals surface area contributed by atoms with Crippen molar-refractivity contribution in [3.63, 3.8) is 0 Å². The normalized spacial score (nSPS) is 32.8. The summed E-state index contributed by atoms with van der Waals surface area (Å²) >= 11 is 0. The summed E-state index contributed by atoms with van der Waals surface area (Å²) in [7, 11) is 0. The number of hydrogen-bond acceptors (Lipinski definition) is 4. The van der Waals surface area contributed by atoms with Crippen molar-refractivity contribution < 1.29 is 14.6 Å². The van der Waals surface area contributed by atoms with Crippen LogP contribution < -0.4 is 0 Å². The van der Waals surface area contributed by atoms with E-state index in [1.54, 1.807) is 0 Å². The Hall–Kier alpha value is -0.160. The molecule has 2 fully saturated rings. The third-order valence-electron chi connectivity index (χ3n) is 3.79. The second kappa shape index (κ2) is 6.85. The summed E-state index contributed by atoms with van der Waals surface area (Å²) in [6, 6.07) is 0. The van der Waals surface area contributed by atoms with Crippen LogP contribution in [0.1, 0.15) is 39.5 Å². The first-order valence-electron chi connectivity index (χ1n) is 7.31. The molecule has 1 aliphatic heterocycles. The minimum atomic E-state index is -0.372. The fourth-order valence-corrected chi connectivity index (χ4v) is 3.09. The Bertz CT molecular complexity index is 233. The molecule has 1 saturated carbocycles. The van der Waals surface area contributed by atoms with Crippen LogP contribution in [0.25, 0.3) is 0 Å². The smallest absolute Gasteiger partial charge is 0.0900 e. The van der Waals surface area contributed by atoms with Gasteiger partial charge < -0.3 is 14.6 Å². The Morgan fingerprint density at radius 3 is 2.44 bits per heavy atom. The first-order valence-corrected chi connectivity index (χ1v) is 7.31. The van der Waals surface area contributed by atoms with Crippen molar-refractivity contribution in [1.82, 2.24) is 4.90 Å². The highest BCUT2D eigenvalue weighted by Gasteiger charge is 2.24. The van der Waals surface area contributed by atoms with Crippen LogP contribution in [-0.2, 0) is 9.47 Å². The summed E-state index contributed by atoms with van der Waals surface area (Å²) in [6.07, 6.45) is 5.42. The molecule has 1 heterocycles. The van der Waals surface area contributed by atoms with E-state index < -0.39 is 0 Å². The molecule has 4 heteroatoms. The molecule has 0 radical (unpaired) electrons. The zero-order chi connectivity index (χ0) is 13.0. The molecular weight excluding hydrogens is 230 g/mol. The maximum atomic E-state index is 10.0. The molecule has 0 aromatic rings. The number of ether oxygens (including phenoxy) is 2. The predicted molar refractivity (Wildman–Crippen MR) is 70.7 cm³/mol.